The lowest BCUT2D eigenvalue weighted by Gasteiger charge is -2.05. The summed E-state index contributed by atoms with van der Waals surface area (Å²) in [6.07, 6.45) is 0. The van der Waals surface area contributed by atoms with Crippen LogP contribution in [0.25, 0.3) is 0 Å². The van der Waals surface area contributed by atoms with E-state index >= 15 is 0 Å². The number of rotatable bonds is 4. The van der Waals surface area contributed by atoms with Crippen molar-refractivity contribution in [3.8, 4) is 5.75 Å². The van der Waals surface area contributed by atoms with Gasteiger partial charge >= 0.3 is 0 Å². The molecule has 2 rings (SSSR count). The highest BCUT2D eigenvalue weighted by atomic mass is 16.5. The highest BCUT2D eigenvalue weighted by Crippen LogP contribution is 2.14. The van der Waals surface area contributed by atoms with E-state index in [2.05, 4.69) is 20.4 Å². The summed E-state index contributed by atoms with van der Waals surface area (Å²) < 4.78 is 4.84. The molecule has 2 aromatic heterocycles. The topological polar surface area (TPSA) is 84.1 Å². The lowest BCUT2D eigenvalue weighted by atomic mass is 10.3. The first-order valence-electron chi connectivity index (χ1n) is 5.30. The fraction of sp³-hybridized carbons (Fsp3) is 0.364. The molecule has 0 fully saturated rings. The van der Waals surface area contributed by atoms with Gasteiger partial charge in [0.15, 0.2) is 5.82 Å². The Balaban J connectivity index is 1.91. The van der Waals surface area contributed by atoms with E-state index in [1.807, 2.05) is 6.92 Å². The number of pyridine rings is 1. The van der Waals surface area contributed by atoms with Crippen molar-refractivity contribution < 1.29 is 9.63 Å². The molecule has 0 aromatic carbocycles. The fourth-order valence-electron chi connectivity index (χ4n) is 1.44. The van der Waals surface area contributed by atoms with Crippen molar-refractivity contribution in [2.75, 3.05) is 0 Å². The van der Waals surface area contributed by atoms with Crippen molar-refractivity contribution in [2.45, 2.75) is 26.9 Å². The van der Waals surface area contributed by atoms with Gasteiger partial charge in [-0.05, 0) is 19.1 Å². The van der Waals surface area contributed by atoms with Crippen molar-refractivity contribution in [1.82, 2.24) is 20.4 Å². The second kappa shape index (κ2) is 4.92. The smallest absolute Gasteiger partial charge is 0.223 e. The molecular weight excluding hydrogens is 220 g/mol. The second-order valence-electron chi connectivity index (χ2n) is 3.75. The van der Waals surface area contributed by atoms with Crippen molar-refractivity contribution in [1.29, 1.82) is 0 Å². The Bertz CT molecular complexity index is 510. The van der Waals surface area contributed by atoms with Crippen LogP contribution in [-0.4, -0.2) is 20.2 Å². The molecule has 0 atom stereocenters. The molecule has 0 saturated heterocycles. The molecule has 0 radical (unpaired) electrons. The number of nitrogens with one attached hydrogen (secondary N) is 1. The van der Waals surface area contributed by atoms with E-state index in [4.69, 9.17) is 4.52 Å². The number of hydrogen-bond acceptors (Lipinski definition) is 6. The standard InChI is InChI=1S/C11H14N4O2/c1-7-3-4-10(16)9(13-7)5-12-6-11-14-8(2)17-15-11/h3-4,12,16H,5-6H2,1-2H3. The molecule has 0 aliphatic rings. The van der Waals surface area contributed by atoms with Gasteiger partial charge in [-0.15, -0.1) is 0 Å². The minimum atomic E-state index is 0.187. The Hall–Kier alpha value is -1.95. The summed E-state index contributed by atoms with van der Waals surface area (Å²) in [5, 5.41) is 16.4. The van der Waals surface area contributed by atoms with Crippen LogP contribution in [0.2, 0.25) is 0 Å². The average Bonchev–Trinajstić information content (AvgIpc) is 2.69. The molecular formula is C11H14N4O2. The monoisotopic (exact) mass is 234 g/mol. The lowest BCUT2D eigenvalue weighted by Crippen LogP contribution is -2.15. The molecule has 0 aliphatic carbocycles. The normalized spacial score (nSPS) is 10.7. The number of aryl methyl sites for hydroxylation is 2. The molecule has 0 amide bonds. The van der Waals surface area contributed by atoms with Crippen LogP contribution in [-0.2, 0) is 13.1 Å². The first-order chi connectivity index (χ1) is 8.15. The molecule has 2 N–H and O–H groups in total. The number of nitrogens with zero attached hydrogens (tertiary/aromatic N) is 3. The minimum Gasteiger partial charge on any atom is -0.506 e. The predicted octanol–water partition coefficient (Wildman–Crippen LogP) is 1.08. The van der Waals surface area contributed by atoms with E-state index in [0.717, 1.165) is 5.69 Å². The van der Waals surface area contributed by atoms with Crippen LogP contribution < -0.4 is 5.32 Å². The molecule has 0 aliphatic heterocycles. The first-order valence-corrected chi connectivity index (χ1v) is 5.30. The Morgan fingerprint density at radius 1 is 1.24 bits per heavy atom. The van der Waals surface area contributed by atoms with Crippen molar-refractivity contribution in [2.24, 2.45) is 0 Å². The van der Waals surface area contributed by atoms with Crippen LogP contribution in [0.15, 0.2) is 16.7 Å². The molecule has 6 nitrogen and oxygen atoms in total. The molecule has 0 spiro atoms. The lowest BCUT2D eigenvalue weighted by molar-refractivity contribution is 0.385. The number of aromatic nitrogens is 3. The molecule has 0 unspecified atom stereocenters. The Labute approximate surface area is 98.7 Å². The number of aromatic hydroxyl groups is 1. The van der Waals surface area contributed by atoms with Gasteiger partial charge in [0.05, 0.1) is 12.2 Å². The second-order valence-corrected chi connectivity index (χ2v) is 3.75. The highest BCUT2D eigenvalue weighted by Gasteiger charge is 2.05. The summed E-state index contributed by atoms with van der Waals surface area (Å²) in [7, 11) is 0. The Kier molecular flexibility index (Phi) is 3.34. The molecule has 6 heteroatoms. The van der Waals surface area contributed by atoms with E-state index in [-0.39, 0.29) is 5.75 Å². The van der Waals surface area contributed by atoms with Gasteiger partial charge in [-0.1, -0.05) is 5.16 Å². The highest BCUT2D eigenvalue weighted by molar-refractivity contribution is 5.27. The maximum absolute atomic E-state index is 9.58. The summed E-state index contributed by atoms with van der Waals surface area (Å²) in [5.41, 5.74) is 1.49. The summed E-state index contributed by atoms with van der Waals surface area (Å²) >= 11 is 0. The zero-order chi connectivity index (χ0) is 12.3. The Morgan fingerprint density at radius 3 is 2.76 bits per heavy atom. The summed E-state index contributed by atoms with van der Waals surface area (Å²) in [5.74, 6) is 1.32. The summed E-state index contributed by atoms with van der Waals surface area (Å²) in [4.78, 5) is 8.29. The fourth-order valence-corrected chi connectivity index (χ4v) is 1.44. The third-order valence-electron chi connectivity index (χ3n) is 2.23. The van der Waals surface area contributed by atoms with Crippen molar-refractivity contribution in [3.63, 3.8) is 0 Å². The van der Waals surface area contributed by atoms with Crippen LogP contribution >= 0.6 is 0 Å². The molecule has 90 valence electrons. The van der Waals surface area contributed by atoms with Crippen LogP contribution in [0, 0.1) is 13.8 Å². The van der Waals surface area contributed by atoms with E-state index in [1.54, 1.807) is 19.1 Å². The van der Waals surface area contributed by atoms with Gasteiger partial charge in [-0.25, -0.2) is 0 Å². The van der Waals surface area contributed by atoms with Gasteiger partial charge in [0, 0.05) is 19.2 Å². The SMILES string of the molecule is Cc1ccc(O)c(CNCc2noc(C)n2)n1. The molecule has 0 saturated carbocycles. The van der Waals surface area contributed by atoms with Gasteiger partial charge in [0.25, 0.3) is 0 Å². The van der Waals surface area contributed by atoms with Crippen LogP contribution in [0.3, 0.4) is 0 Å². The Morgan fingerprint density at radius 2 is 2.06 bits per heavy atom. The van der Waals surface area contributed by atoms with E-state index in [9.17, 15) is 5.11 Å². The summed E-state index contributed by atoms with van der Waals surface area (Å²) in [6.45, 7) is 4.56. The van der Waals surface area contributed by atoms with E-state index in [1.165, 1.54) is 0 Å². The van der Waals surface area contributed by atoms with Gasteiger partial charge < -0.3 is 14.9 Å². The maximum Gasteiger partial charge on any atom is 0.223 e. The van der Waals surface area contributed by atoms with Crippen LogP contribution in [0.4, 0.5) is 0 Å². The summed E-state index contributed by atoms with van der Waals surface area (Å²) in [6, 6.07) is 3.40. The van der Waals surface area contributed by atoms with Crippen molar-refractivity contribution in [3.05, 3.63) is 35.2 Å². The predicted molar refractivity (Wildman–Crippen MR) is 60.2 cm³/mol. The average molecular weight is 234 g/mol. The number of hydrogen-bond donors (Lipinski definition) is 2. The maximum atomic E-state index is 9.58. The first kappa shape index (κ1) is 11.5. The van der Waals surface area contributed by atoms with Crippen molar-refractivity contribution >= 4 is 0 Å². The van der Waals surface area contributed by atoms with Gasteiger partial charge in [-0.2, -0.15) is 4.98 Å². The molecule has 0 bridgehead atoms. The molecule has 2 heterocycles. The third-order valence-corrected chi connectivity index (χ3v) is 2.23. The van der Waals surface area contributed by atoms with Crippen LogP contribution in [0.1, 0.15) is 23.1 Å². The van der Waals surface area contributed by atoms with E-state index < -0.39 is 0 Å². The zero-order valence-electron chi connectivity index (χ0n) is 9.77. The third kappa shape index (κ3) is 3.01. The van der Waals surface area contributed by atoms with Gasteiger partial charge in [0.2, 0.25) is 5.89 Å². The minimum absolute atomic E-state index is 0.187. The van der Waals surface area contributed by atoms with Gasteiger partial charge in [0.1, 0.15) is 5.75 Å². The van der Waals surface area contributed by atoms with E-state index in [0.29, 0.717) is 30.5 Å². The van der Waals surface area contributed by atoms with Crippen LogP contribution in [0.5, 0.6) is 5.75 Å². The molecule has 2 aromatic rings. The quantitative estimate of drug-likeness (QED) is 0.823. The van der Waals surface area contributed by atoms with Gasteiger partial charge in [-0.3, -0.25) is 4.98 Å². The molecule has 17 heavy (non-hydrogen) atoms. The zero-order valence-corrected chi connectivity index (χ0v) is 9.77. The largest absolute Gasteiger partial charge is 0.506 e.